The summed E-state index contributed by atoms with van der Waals surface area (Å²) in [6, 6.07) is 8.33. The van der Waals surface area contributed by atoms with Crippen LogP contribution >= 0.6 is 11.6 Å². The first-order chi connectivity index (χ1) is 18.8. The summed E-state index contributed by atoms with van der Waals surface area (Å²) >= 11 is 6.39. The average Bonchev–Trinajstić information content (AvgIpc) is 3.33. The molecule has 1 aromatic heterocycles. The zero-order valence-corrected chi connectivity index (χ0v) is 23.2. The molecule has 2 aromatic carbocycles. The maximum absolute atomic E-state index is 12.0. The summed E-state index contributed by atoms with van der Waals surface area (Å²) in [5.74, 6) is 2.01. The van der Waals surface area contributed by atoms with Gasteiger partial charge in [-0.05, 0) is 51.4 Å². The number of carbonyl (C=O) groups is 1. The number of methoxy groups -OCH3 is 1. The molecule has 2 saturated heterocycles. The number of rotatable bonds is 10. The molecular weight excluding hydrogens is 522 g/mol. The van der Waals surface area contributed by atoms with E-state index in [9.17, 15) is 4.79 Å². The van der Waals surface area contributed by atoms with E-state index >= 15 is 0 Å². The van der Waals surface area contributed by atoms with Crippen LogP contribution in [0.4, 0.5) is 10.5 Å². The molecule has 2 aliphatic heterocycles. The number of anilines is 1. The second-order valence-corrected chi connectivity index (χ2v) is 10.8. The maximum atomic E-state index is 12.0. The highest BCUT2D eigenvalue weighted by molar-refractivity contribution is 6.33. The quantitative estimate of drug-likeness (QED) is 0.333. The van der Waals surface area contributed by atoms with Crippen molar-refractivity contribution in [3.63, 3.8) is 0 Å². The van der Waals surface area contributed by atoms with Crippen LogP contribution < -0.4 is 24.8 Å². The first-order valence-corrected chi connectivity index (χ1v) is 13.5. The minimum absolute atomic E-state index is 0.00529. The van der Waals surface area contributed by atoms with E-state index in [2.05, 4.69) is 25.5 Å². The summed E-state index contributed by atoms with van der Waals surface area (Å²) in [7, 11) is 1.60. The van der Waals surface area contributed by atoms with Gasteiger partial charge in [-0.2, -0.15) is 0 Å². The van der Waals surface area contributed by atoms with Crippen molar-refractivity contribution in [1.29, 1.82) is 0 Å². The minimum Gasteiger partial charge on any atom is -0.493 e. The van der Waals surface area contributed by atoms with Crippen LogP contribution in [0.3, 0.4) is 0 Å². The fraction of sp³-hybridized carbons (Fsp3) is 0.464. The van der Waals surface area contributed by atoms with Crippen molar-refractivity contribution in [3.8, 4) is 23.1 Å². The lowest BCUT2D eigenvalue weighted by Gasteiger charge is -2.37. The van der Waals surface area contributed by atoms with Gasteiger partial charge in [0.2, 0.25) is 5.88 Å². The van der Waals surface area contributed by atoms with Crippen molar-refractivity contribution >= 4 is 34.2 Å². The van der Waals surface area contributed by atoms with Gasteiger partial charge in [-0.3, -0.25) is 0 Å². The fourth-order valence-corrected chi connectivity index (χ4v) is 5.12. The van der Waals surface area contributed by atoms with Gasteiger partial charge in [-0.25, -0.2) is 14.8 Å². The van der Waals surface area contributed by atoms with Gasteiger partial charge in [-0.1, -0.05) is 11.6 Å². The lowest BCUT2D eigenvalue weighted by Crippen LogP contribution is -2.44. The summed E-state index contributed by atoms with van der Waals surface area (Å²) in [4.78, 5) is 23.2. The normalized spacial score (nSPS) is 16.3. The number of nitrogens with one attached hydrogen (secondary N) is 2. The van der Waals surface area contributed by atoms with E-state index in [1.807, 2.05) is 26.0 Å². The summed E-state index contributed by atoms with van der Waals surface area (Å²) in [6.07, 6.45) is 3.58. The highest BCUT2D eigenvalue weighted by Gasteiger charge is 2.43. The number of benzene rings is 2. The van der Waals surface area contributed by atoms with Crippen LogP contribution in [0.1, 0.15) is 26.7 Å². The van der Waals surface area contributed by atoms with E-state index in [1.165, 1.54) is 12.7 Å². The first-order valence-electron chi connectivity index (χ1n) is 13.1. The second kappa shape index (κ2) is 11.8. The van der Waals surface area contributed by atoms with Crippen LogP contribution in [0.5, 0.6) is 23.1 Å². The van der Waals surface area contributed by atoms with Gasteiger partial charge in [0, 0.05) is 36.7 Å². The number of halogens is 1. The molecule has 0 radical (unpaired) electrons. The molecule has 2 aliphatic rings. The van der Waals surface area contributed by atoms with Crippen molar-refractivity contribution in [2.24, 2.45) is 5.41 Å². The summed E-state index contributed by atoms with van der Waals surface area (Å²) in [5, 5.41) is 6.49. The molecule has 2 N–H and O–H groups in total. The Morgan fingerprint density at radius 3 is 2.74 bits per heavy atom. The molecular formula is C28H34ClN5O5. The summed E-state index contributed by atoms with van der Waals surface area (Å²) < 4.78 is 23.2. The highest BCUT2D eigenvalue weighted by atomic mass is 35.5. The standard InChI is InChI=1S/C28H34ClN5O5/c1-18(2)32-27(35)33-22-6-5-19(11-21(22)29)39-26-20-12-24(36-3)25(13-23(20)30-17-31-26)38-10-4-8-34-9-7-28(14-34)15-37-16-28/h5-6,11-13,17-18H,4,7-10,14-16H2,1-3H3,(H2,32,33,35). The van der Waals surface area contributed by atoms with E-state index in [0.29, 0.717) is 56.8 Å². The molecule has 3 heterocycles. The van der Waals surface area contributed by atoms with Crippen molar-refractivity contribution in [1.82, 2.24) is 20.2 Å². The van der Waals surface area contributed by atoms with Crippen molar-refractivity contribution in [2.75, 3.05) is 51.9 Å². The topological polar surface area (TPSA) is 107 Å². The highest BCUT2D eigenvalue weighted by Crippen LogP contribution is 2.38. The minimum atomic E-state index is -0.333. The predicted molar refractivity (Wildman–Crippen MR) is 149 cm³/mol. The van der Waals surface area contributed by atoms with Gasteiger partial charge in [0.05, 0.1) is 48.5 Å². The Kier molecular flexibility index (Phi) is 8.25. The van der Waals surface area contributed by atoms with Crippen LogP contribution in [0, 0.1) is 5.41 Å². The van der Waals surface area contributed by atoms with E-state index in [0.717, 1.165) is 39.3 Å². The molecule has 10 nitrogen and oxygen atoms in total. The van der Waals surface area contributed by atoms with Gasteiger partial charge in [0.25, 0.3) is 0 Å². The largest absolute Gasteiger partial charge is 0.493 e. The first kappa shape index (κ1) is 27.2. The predicted octanol–water partition coefficient (Wildman–Crippen LogP) is 5.11. The zero-order chi connectivity index (χ0) is 27.4. The average molecular weight is 556 g/mol. The van der Waals surface area contributed by atoms with Crippen LogP contribution in [0.2, 0.25) is 5.02 Å². The van der Waals surface area contributed by atoms with Gasteiger partial charge in [0.15, 0.2) is 11.5 Å². The molecule has 0 bridgehead atoms. The molecule has 5 rings (SSSR count). The van der Waals surface area contributed by atoms with Crippen LogP contribution in [0.25, 0.3) is 10.9 Å². The molecule has 0 unspecified atom stereocenters. The Hall–Kier alpha value is -3.34. The van der Waals surface area contributed by atoms with Gasteiger partial charge in [-0.15, -0.1) is 0 Å². The Bertz CT molecular complexity index is 1330. The number of carbonyl (C=O) groups excluding carboxylic acids is 1. The van der Waals surface area contributed by atoms with Gasteiger partial charge < -0.3 is 34.5 Å². The van der Waals surface area contributed by atoms with Gasteiger partial charge >= 0.3 is 6.03 Å². The van der Waals surface area contributed by atoms with Crippen molar-refractivity contribution in [2.45, 2.75) is 32.7 Å². The zero-order valence-electron chi connectivity index (χ0n) is 22.5. The number of likely N-dealkylation sites (tertiary alicyclic amines) is 1. The maximum Gasteiger partial charge on any atom is 0.319 e. The van der Waals surface area contributed by atoms with E-state index in [1.54, 1.807) is 25.3 Å². The van der Waals surface area contributed by atoms with E-state index in [4.69, 9.17) is 30.5 Å². The number of fused-ring (bicyclic) bond motifs is 1. The van der Waals surface area contributed by atoms with E-state index in [-0.39, 0.29) is 12.1 Å². The van der Waals surface area contributed by atoms with E-state index < -0.39 is 0 Å². The number of aromatic nitrogens is 2. The number of ether oxygens (including phenoxy) is 4. The SMILES string of the molecule is COc1cc2c(Oc3ccc(NC(=O)NC(C)C)c(Cl)c3)ncnc2cc1OCCCN1CCC2(COC2)C1. The lowest BCUT2D eigenvalue weighted by atomic mass is 9.85. The third-order valence-electron chi connectivity index (χ3n) is 6.92. The molecule has 11 heteroatoms. The molecule has 0 saturated carbocycles. The Morgan fingerprint density at radius 2 is 2.05 bits per heavy atom. The number of hydrogen-bond donors (Lipinski definition) is 2. The molecule has 2 amide bonds. The second-order valence-electron chi connectivity index (χ2n) is 10.4. The molecule has 3 aromatic rings. The third-order valence-corrected chi connectivity index (χ3v) is 7.23. The lowest BCUT2D eigenvalue weighted by molar-refractivity contribution is -0.105. The Morgan fingerprint density at radius 1 is 1.21 bits per heavy atom. The van der Waals surface area contributed by atoms with Crippen LogP contribution in [0.15, 0.2) is 36.7 Å². The summed E-state index contributed by atoms with van der Waals surface area (Å²) in [5.41, 5.74) is 1.53. The van der Waals surface area contributed by atoms with Gasteiger partial charge in [0.1, 0.15) is 12.1 Å². The molecule has 0 atom stereocenters. The molecule has 39 heavy (non-hydrogen) atoms. The number of hydrogen-bond acceptors (Lipinski definition) is 8. The Labute approximate surface area is 232 Å². The van der Waals surface area contributed by atoms with Crippen LogP contribution in [-0.2, 0) is 4.74 Å². The van der Waals surface area contributed by atoms with Crippen molar-refractivity contribution in [3.05, 3.63) is 41.7 Å². The van der Waals surface area contributed by atoms with Crippen LogP contribution in [-0.4, -0.2) is 73.5 Å². The third kappa shape index (κ3) is 6.46. The number of nitrogens with zero attached hydrogens (tertiary/aromatic N) is 3. The molecule has 0 aliphatic carbocycles. The fourth-order valence-electron chi connectivity index (χ4n) is 4.90. The molecule has 2 fully saturated rings. The van der Waals surface area contributed by atoms with Crippen molar-refractivity contribution < 1.29 is 23.7 Å². The summed E-state index contributed by atoms with van der Waals surface area (Å²) in [6.45, 7) is 9.36. The smallest absolute Gasteiger partial charge is 0.319 e. The number of urea groups is 1. The molecule has 1 spiro atoms. The monoisotopic (exact) mass is 555 g/mol. The molecule has 208 valence electrons. The number of amides is 2. The Balaban J connectivity index is 1.23.